The van der Waals surface area contributed by atoms with Gasteiger partial charge in [-0.05, 0) is 63.8 Å². The number of hydrazone groups is 2. The highest BCUT2D eigenvalue weighted by Crippen LogP contribution is 2.16. The van der Waals surface area contributed by atoms with Gasteiger partial charge in [-0.2, -0.15) is 10.2 Å². The van der Waals surface area contributed by atoms with Crippen LogP contribution in [0.1, 0.15) is 49.7 Å². The molecule has 0 spiro atoms. The average Bonchev–Trinajstić information content (AvgIpc) is 2.63. The van der Waals surface area contributed by atoms with Crippen LogP contribution in [0.15, 0.2) is 58.7 Å². The molecule has 4 heteroatoms. The lowest BCUT2D eigenvalue weighted by atomic mass is 9.97. The Morgan fingerprint density at radius 1 is 0.577 bits per heavy atom. The van der Waals surface area contributed by atoms with Gasteiger partial charge in [0.25, 0.3) is 0 Å². The van der Waals surface area contributed by atoms with E-state index in [-0.39, 0.29) is 0 Å². The van der Waals surface area contributed by atoms with Gasteiger partial charge in [0.05, 0.1) is 22.8 Å². The normalized spacial score (nSPS) is 18.4. The molecule has 26 heavy (non-hydrogen) atoms. The van der Waals surface area contributed by atoms with Crippen molar-refractivity contribution in [2.75, 3.05) is 10.9 Å². The zero-order chi connectivity index (χ0) is 18.2. The second-order valence-electron chi connectivity index (χ2n) is 6.99. The predicted octanol–water partition coefficient (Wildman–Crippen LogP) is 5.89. The molecule has 1 fully saturated rings. The quantitative estimate of drug-likeness (QED) is 0.676. The fourth-order valence-electron chi connectivity index (χ4n) is 2.99. The molecule has 0 aromatic heterocycles. The van der Waals surface area contributed by atoms with Crippen LogP contribution in [0.25, 0.3) is 0 Å². The van der Waals surface area contributed by atoms with Crippen LogP contribution in [0.4, 0.5) is 11.4 Å². The molecule has 0 bridgehead atoms. The lowest BCUT2D eigenvalue weighted by molar-refractivity contribution is 0.658. The number of anilines is 2. The number of nitrogens with one attached hydrogen (secondary N) is 2. The molecule has 2 aromatic rings. The van der Waals surface area contributed by atoms with Gasteiger partial charge < -0.3 is 0 Å². The van der Waals surface area contributed by atoms with Crippen molar-refractivity contribution in [2.24, 2.45) is 10.2 Å². The van der Waals surface area contributed by atoms with E-state index in [1.165, 1.54) is 24.0 Å². The molecule has 0 unspecified atom stereocenters. The van der Waals surface area contributed by atoms with E-state index < -0.39 is 0 Å². The molecular formula is C22H28N4. The minimum atomic E-state index is 0.966. The van der Waals surface area contributed by atoms with E-state index >= 15 is 0 Å². The summed E-state index contributed by atoms with van der Waals surface area (Å²) < 4.78 is 0. The van der Waals surface area contributed by atoms with E-state index in [0.29, 0.717) is 0 Å². The maximum atomic E-state index is 4.69. The van der Waals surface area contributed by atoms with Gasteiger partial charge in [0.1, 0.15) is 0 Å². The first-order valence-corrected chi connectivity index (χ1v) is 9.49. The van der Waals surface area contributed by atoms with E-state index in [1.54, 1.807) is 0 Å². The van der Waals surface area contributed by atoms with Crippen molar-refractivity contribution in [3.63, 3.8) is 0 Å². The highest BCUT2D eigenvalue weighted by atomic mass is 15.3. The number of nitrogens with zero attached hydrogens (tertiary/aromatic N) is 2. The highest BCUT2D eigenvalue weighted by molar-refractivity contribution is 6.42. The molecular weight excluding hydrogens is 320 g/mol. The minimum Gasteiger partial charge on any atom is -0.278 e. The Balaban J connectivity index is 1.75. The van der Waals surface area contributed by atoms with Crippen LogP contribution in [-0.2, 0) is 0 Å². The molecule has 0 radical (unpaired) electrons. The van der Waals surface area contributed by atoms with Gasteiger partial charge >= 0.3 is 0 Å². The SMILES string of the molecule is Cc1ccc(N/N=C2/CCCCCC/C2=N\Nc2ccc(C)cc2)cc1. The van der Waals surface area contributed by atoms with Crippen LogP contribution < -0.4 is 10.9 Å². The Bertz CT molecular complexity index is 690. The summed E-state index contributed by atoms with van der Waals surface area (Å²) in [6.45, 7) is 4.18. The van der Waals surface area contributed by atoms with Gasteiger partial charge in [0, 0.05) is 0 Å². The lowest BCUT2D eigenvalue weighted by Gasteiger charge is -2.15. The van der Waals surface area contributed by atoms with E-state index in [9.17, 15) is 0 Å². The molecule has 136 valence electrons. The van der Waals surface area contributed by atoms with E-state index in [2.05, 4.69) is 83.4 Å². The summed E-state index contributed by atoms with van der Waals surface area (Å²) in [5.41, 5.74) is 13.0. The summed E-state index contributed by atoms with van der Waals surface area (Å²) in [5, 5.41) is 9.38. The molecule has 1 saturated carbocycles. The molecule has 0 saturated heterocycles. The van der Waals surface area contributed by atoms with Crippen molar-refractivity contribution in [1.29, 1.82) is 0 Å². The minimum absolute atomic E-state index is 0.966. The summed E-state index contributed by atoms with van der Waals surface area (Å²) in [7, 11) is 0. The standard InChI is InChI=1S/C22H28N4/c1-17-9-13-19(14-10-17)23-25-21-7-5-3-4-6-8-22(21)26-24-20-15-11-18(2)12-16-20/h9-16,23-24H,3-8H2,1-2H3/b25-21-,26-22+. The third-order valence-corrected chi connectivity index (χ3v) is 4.65. The molecule has 4 nitrogen and oxygen atoms in total. The van der Waals surface area contributed by atoms with Crippen LogP contribution in [0.2, 0.25) is 0 Å². The number of hydrogen-bond acceptors (Lipinski definition) is 4. The summed E-state index contributed by atoms with van der Waals surface area (Å²) in [6, 6.07) is 16.6. The van der Waals surface area contributed by atoms with Crippen molar-refractivity contribution < 1.29 is 0 Å². The van der Waals surface area contributed by atoms with Crippen LogP contribution >= 0.6 is 0 Å². The van der Waals surface area contributed by atoms with Gasteiger partial charge in [-0.1, -0.05) is 48.2 Å². The van der Waals surface area contributed by atoms with Crippen LogP contribution in [0.3, 0.4) is 0 Å². The first kappa shape index (κ1) is 18.2. The van der Waals surface area contributed by atoms with E-state index in [1.807, 2.05) is 0 Å². The van der Waals surface area contributed by atoms with E-state index in [0.717, 1.165) is 48.5 Å². The van der Waals surface area contributed by atoms with Gasteiger partial charge in [-0.3, -0.25) is 10.9 Å². The lowest BCUT2D eigenvalue weighted by Crippen LogP contribution is -2.19. The zero-order valence-electron chi connectivity index (χ0n) is 15.8. The number of rotatable bonds is 4. The molecule has 1 aliphatic rings. The largest absolute Gasteiger partial charge is 0.278 e. The van der Waals surface area contributed by atoms with Crippen molar-refractivity contribution in [3.05, 3.63) is 59.7 Å². The highest BCUT2D eigenvalue weighted by Gasteiger charge is 2.13. The van der Waals surface area contributed by atoms with Crippen molar-refractivity contribution in [3.8, 4) is 0 Å². The molecule has 0 aliphatic heterocycles. The second kappa shape index (κ2) is 9.18. The Morgan fingerprint density at radius 2 is 0.962 bits per heavy atom. The first-order chi connectivity index (χ1) is 12.7. The van der Waals surface area contributed by atoms with Gasteiger partial charge in [-0.15, -0.1) is 0 Å². The van der Waals surface area contributed by atoms with Gasteiger partial charge in [0.15, 0.2) is 0 Å². The smallest absolute Gasteiger partial charge is 0.0839 e. The Labute approximate surface area is 156 Å². The predicted molar refractivity (Wildman–Crippen MR) is 112 cm³/mol. The summed E-state index contributed by atoms with van der Waals surface area (Å²) in [5.74, 6) is 0. The molecule has 2 aromatic carbocycles. The Kier molecular flexibility index (Phi) is 6.42. The maximum Gasteiger partial charge on any atom is 0.0839 e. The summed E-state index contributed by atoms with van der Waals surface area (Å²) in [6.07, 6.45) is 6.79. The van der Waals surface area contributed by atoms with Crippen LogP contribution in [0, 0.1) is 13.8 Å². The molecule has 2 N–H and O–H groups in total. The molecule has 0 amide bonds. The fraction of sp³-hybridized carbons (Fsp3) is 0.364. The summed E-state index contributed by atoms with van der Waals surface area (Å²) >= 11 is 0. The molecule has 0 heterocycles. The Hall–Kier alpha value is -2.62. The zero-order valence-corrected chi connectivity index (χ0v) is 15.8. The third-order valence-electron chi connectivity index (χ3n) is 4.65. The van der Waals surface area contributed by atoms with Crippen LogP contribution in [-0.4, -0.2) is 11.4 Å². The summed E-state index contributed by atoms with van der Waals surface area (Å²) in [4.78, 5) is 0. The molecule has 1 aliphatic carbocycles. The topological polar surface area (TPSA) is 48.8 Å². The van der Waals surface area contributed by atoms with E-state index in [4.69, 9.17) is 0 Å². The average molecular weight is 348 g/mol. The molecule has 3 rings (SSSR count). The second-order valence-corrected chi connectivity index (χ2v) is 6.99. The third kappa shape index (κ3) is 5.45. The number of hydrogen-bond donors (Lipinski definition) is 2. The monoisotopic (exact) mass is 348 g/mol. The molecule has 0 atom stereocenters. The van der Waals surface area contributed by atoms with Crippen molar-refractivity contribution >= 4 is 22.8 Å². The fourth-order valence-corrected chi connectivity index (χ4v) is 2.99. The van der Waals surface area contributed by atoms with Crippen molar-refractivity contribution in [1.82, 2.24) is 0 Å². The first-order valence-electron chi connectivity index (χ1n) is 9.49. The van der Waals surface area contributed by atoms with Gasteiger partial charge in [-0.25, -0.2) is 0 Å². The Morgan fingerprint density at radius 3 is 1.35 bits per heavy atom. The number of benzene rings is 2. The van der Waals surface area contributed by atoms with Crippen molar-refractivity contribution in [2.45, 2.75) is 52.4 Å². The maximum absolute atomic E-state index is 4.69. The van der Waals surface area contributed by atoms with Crippen LogP contribution in [0.5, 0.6) is 0 Å². The number of aryl methyl sites for hydroxylation is 2. The van der Waals surface area contributed by atoms with Gasteiger partial charge in [0.2, 0.25) is 0 Å².